The van der Waals surface area contributed by atoms with Crippen molar-refractivity contribution in [3.8, 4) is 0 Å². The Morgan fingerprint density at radius 1 is 0.967 bits per heavy atom. The first-order valence-corrected chi connectivity index (χ1v) is 10.7. The molecule has 0 atom stereocenters. The fourth-order valence-corrected chi connectivity index (χ4v) is 3.78. The van der Waals surface area contributed by atoms with E-state index in [-0.39, 0.29) is 23.5 Å². The fraction of sp³-hybridized carbons (Fsp3) is 0.100. The van der Waals surface area contributed by atoms with Gasteiger partial charge in [-0.05, 0) is 48.5 Å². The van der Waals surface area contributed by atoms with Crippen LogP contribution in [0.15, 0.2) is 76.2 Å². The Hall–Kier alpha value is -3.30. The Morgan fingerprint density at radius 3 is 2.50 bits per heavy atom. The highest BCUT2D eigenvalue weighted by molar-refractivity contribution is 7.92. The Labute approximate surface area is 178 Å². The zero-order valence-corrected chi connectivity index (χ0v) is 17.2. The van der Waals surface area contributed by atoms with Crippen LogP contribution >= 0.6 is 11.6 Å². The lowest BCUT2D eigenvalue weighted by atomic mass is 10.2. The zero-order chi connectivity index (χ0) is 21.6. The molecule has 3 aromatic rings. The largest absolute Gasteiger partial charge is 0.467 e. The van der Waals surface area contributed by atoms with E-state index in [1.807, 2.05) is 0 Å². The normalized spacial score (nSPS) is 11.0. The highest BCUT2D eigenvalue weighted by Crippen LogP contribution is 2.20. The molecule has 0 bridgehead atoms. The molecule has 156 valence electrons. The number of rotatable bonds is 8. The first-order chi connectivity index (χ1) is 14.3. The Kier molecular flexibility index (Phi) is 6.76. The number of carbonyl (C=O) groups is 2. The summed E-state index contributed by atoms with van der Waals surface area (Å²) in [5.74, 6) is -0.408. The summed E-state index contributed by atoms with van der Waals surface area (Å²) >= 11 is 5.87. The molecule has 0 saturated heterocycles. The molecular weight excluding hydrogens is 430 g/mol. The smallest absolute Gasteiger partial charge is 0.261 e. The third kappa shape index (κ3) is 5.85. The fourth-order valence-electron chi connectivity index (χ4n) is 2.49. The summed E-state index contributed by atoms with van der Waals surface area (Å²) in [5, 5.41) is 5.43. The van der Waals surface area contributed by atoms with E-state index in [0.717, 1.165) is 0 Å². The summed E-state index contributed by atoms with van der Waals surface area (Å²) in [6.07, 6.45) is 1.49. The van der Waals surface area contributed by atoms with Crippen LogP contribution in [0.5, 0.6) is 0 Å². The molecule has 0 unspecified atom stereocenters. The van der Waals surface area contributed by atoms with Crippen LogP contribution in [0.25, 0.3) is 0 Å². The molecule has 1 heterocycles. The van der Waals surface area contributed by atoms with Crippen LogP contribution in [0, 0.1) is 0 Å². The summed E-state index contributed by atoms with van der Waals surface area (Å²) in [5.41, 5.74) is 0.397. The zero-order valence-electron chi connectivity index (χ0n) is 15.6. The lowest BCUT2D eigenvalue weighted by Crippen LogP contribution is -2.36. The summed E-state index contributed by atoms with van der Waals surface area (Å²) in [7, 11) is -3.93. The van der Waals surface area contributed by atoms with E-state index in [0.29, 0.717) is 16.5 Å². The van der Waals surface area contributed by atoms with Gasteiger partial charge in [-0.25, -0.2) is 8.42 Å². The van der Waals surface area contributed by atoms with Crippen molar-refractivity contribution in [2.45, 2.75) is 11.4 Å². The van der Waals surface area contributed by atoms with Crippen molar-refractivity contribution in [3.05, 3.63) is 83.3 Å². The van der Waals surface area contributed by atoms with Gasteiger partial charge in [0.1, 0.15) is 5.76 Å². The number of nitrogens with one attached hydrogen (secondary N) is 3. The molecule has 0 saturated carbocycles. The highest BCUT2D eigenvalue weighted by atomic mass is 35.5. The first-order valence-electron chi connectivity index (χ1n) is 8.79. The van der Waals surface area contributed by atoms with Crippen LogP contribution in [0.2, 0.25) is 5.02 Å². The average Bonchev–Trinajstić information content (AvgIpc) is 3.24. The predicted molar refractivity (Wildman–Crippen MR) is 112 cm³/mol. The lowest BCUT2D eigenvalue weighted by molar-refractivity contribution is -0.120. The second-order valence-corrected chi connectivity index (χ2v) is 8.30. The quantitative estimate of drug-likeness (QED) is 0.490. The second kappa shape index (κ2) is 9.47. The molecule has 1 aromatic heterocycles. The van der Waals surface area contributed by atoms with Crippen molar-refractivity contribution in [2.24, 2.45) is 0 Å². The van der Waals surface area contributed by atoms with E-state index in [2.05, 4.69) is 15.4 Å². The Morgan fingerprint density at radius 2 is 1.77 bits per heavy atom. The van der Waals surface area contributed by atoms with Crippen molar-refractivity contribution in [1.29, 1.82) is 0 Å². The van der Waals surface area contributed by atoms with Gasteiger partial charge in [0.05, 0.1) is 29.9 Å². The van der Waals surface area contributed by atoms with Crippen molar-refractivity contribution >= 4 is 39.1 Å². The minimum absolute atomic E-state index is 0.0996. The number of amides is 2. The predicted octanol–water partition coefficient (Wildman–Crippen LogP) is 2.78. The number of sulfonamides is 1. The molecule has 0 radical (unpaired) electrons. The van der Waals surface area contributed by atoms with Gasteiger partial charge in [-0.15, -0.1) is 0 Å². The maximum atomic E-state index is 12.6. The number of anilines is 1. The van der Waals surface area contributed by atoms with E-state index < -0.39 is 21.8 Å². The molecule has 2 aromatic carbocycles. The maximum Gasteiger partial charge on any atom is 0.261 e. The van der Waals surface area contributed by atoms with Crippen LogP contribution in [-0.2, 0) is 21.4 Å². The van der Waals surface area contributed by atoms with Crippen molar-refractivity contribution in [3.63, 3.8) is 0 Å². The van der Waals surface area contributed by atoms with Gasteiger partial charge >= 0.3 is 0 Å². The highest BCUT2D eigenvalue weighted by Gasteiger charge is 2.17. The van der Waals surface area contributed by atoms with Crippen LogP contribution in [-0.4, -0.2) is 26.8 Å². The van der Waals surface area contributed by atoms with E-state index in [1.54, 1.807) is 30.3 Å². The SMILES string of the molecule is O=C(CNC(=O)c1cccc(S(=O)(=O)Nc2cccc(Cl)c2)c1)NCc1ccco1. The molecule has 0 aliphatic rings. The lowest BCUT2D eigenvalue weighted by Gasteiger charge is -2.10. The number of hydrogen-bond acceptors (Lipinski definition) is 5. The van der Waals surface area contributed by atoms with Gasteiger partial charge in [-0.2, -0.15) is 0 Å². The maximum absolute atomic E-state index is 12.6. The summed E-state index contributed by atoms with van der Waals surface area (Å²) < 4.78 is 32.7. The van der Waals surface area contributed by atoms with Crippen molar-refractivity contribution in [1.82, 2.24) is 10.6 Å². The van der Waals surface area contributed by atoms with E-state index in [1.165, 1.54) is 36.6 Å². The monoisotopic (exact) mass is 447 g/mol. The number of furan rings is 1. The van der Waals surface area contributed by atoms with Crippen molar-refractivity contribution in [2.75, 3.05) is 11.3 Å². The number of hydrogen-bond donors (Lipinski definition) is 3. The minimum Gasteiger partial charge on any atom is -0.467 e. The minimum atomic E-state index is -3.93. The van der Waals surface area contributed by atoms with Gasteiger partial charge in [-0.1, -0.05) is 23.7 Å². The number of benzene rings is 2. The van der Waals surface area contributed by atoms with Crippen LogP contribution < -0.4 is 15.4 Å². The third-order valence-electron chi connectivity index (χ3n) is 3.93. The summed E-state index contributed by atoms with van der Waals surface area (Å²) in [4.78, 5) is 24.1. The van der Waals surface area contributed by atoms with Crippen LogP contribution in [0.3, 0.4) is 0 Å². The van der Waals surface area contributed by atoms with Gasteiger partial charge < -0.3 is 15.1 Å². The molecule has 2 amide bonds. The number of carbonyl (C=O) groups excluding carboxylic acids is 2. The van der Waals surface area contributed by atoms with Crippen LogP contribution in [0.1, 0.15) is 16.1 Å². The summed E-state index contributed by atoms with van der Waals surface area (Å²) in [6, 6.07) is 15.2. The van der Waals surface area contributed by atoms with Gasteiger partial charge in [0.2, 0.25) is 5.91 Å². The van der Waals surface area contributed by atoms with E-state index in [9.17, 15) is 18.0 Å². The summed E-state index contributed by atoms with van der Waals surface area (Å²) in [6.45, 7) is -0.0676. The van der Waals surface area contributed by atoms with E-state index >= 15 is 0 Å². The topological polar surface area (TPSA) is 118 Å². The Bertz CT molecular complexity index is 1150. The second-order valence-electron chi connectivity index (χ2n) is 6.18. The van der Waals surface area contributed by atoms with Gasteiger partial charge in [0.15, 0.2) is 0 Å². The molecule has 0 spiro atoms. The average molecular weight is 448 g/mol. The number of halogens is 1. The van der Waals surface area contributed by atoms with Gasteiger partial charge in [-0.3, -0.25) is 14.3 Å². The van der Waals surface area contributed by atoms with Gasteiger partial charge in [0.25, 0.3) is 15.9 Å². The molecule has 8 nitrogen and oxygen atoms in total. The molecule has 0 aliphatic heterocycles. The molecular formula is C20H18ClN3O5S. The first kappa shape index (κ1) is 21.4. The molecule has 3 rings (SSSR count). The van der Waals surface area contributed by atoms with Gasteiger partial charge in [0, 0.05) is 10.6 Å². The molecule has 10 heteroatoms. The third-order valence-corrected chi connectivity index (χ3v) is 5.55. The molecule has 0 fully saturated rings. The Balaban J connectivity index is 1.61. The molecule has 0 aliphatic carbocycles. The molecule has 30 heavy (non-hydrogen) atoms. The molecule has 3 N–H and O–H groups in total. The van der Waals surface area contributed by atoms with E-state index in [4.69, 9.17) is 16.0 Å². The van der Waals surface area contributed by atoms with Crippen LogP contribution in [0.4, 0.5) is 5.69 Å². The standard InChI is InChI=1S/C20H18ClN3O5S/c21-15-5-2-6-16(11-15)24-30(27,28)18-8-1-4-14(10-18)20(26)23-13-19(25)22-12-17-7-3-9-29-17/h1-11,24H,12-13H2,(H,22,25)(H,23,26). The van der Waals surface area contributed by atoms with Crippen molar-refractivity contribution < 1.29 is 22.4 Å².